The number of nitrogens with one attached hydrogen (secondary N) is 1. The van der Waals surface area contributed by atoms with Crippen molar-refractivity contribution in [2.45, 2.75) is 19.8 Å². The summed E-state index contributed by atoms with van der Waals surface area (Å²) in [6.07, 6.45) is 4.27. The first-order valence-corrected chi connectivity index (χ1v) is 9.97. The van der Waals surface area contributed by atoms with Crippen LogP contribution in [-0.2, 0) is 17.6 Å². The van der Waals surface area contributed by atoms with Crippen molar-refractivity contribution in [3.63, 3.8) is 0 Å². The number of hydrogen-bond donors (Lipinski definition) is 1. The molecular weight excluding hydrogens is 389 g/mol. The Morgan fingerprint density at radius 1 is 1.21 bits per heavy atom. The zero-order valence-electron chi connectivity index (χ0n) is 15.5. The Labute approximate surface area is 170 Å². The molecule has 0 spiro atoms. The van der Waals surface area contributed by atoms with Gasteiger partial charge in [-0.1, -0.05) is 29.5 Å². The third-order valence-electron chi connectivity index (χ3n) is 4.77. The number of pyridine rings is 1. The molecule has 1 N–H and O–H groups in total. The van der Waals surface area contributed by atoms with Crippen LogP contribution in [0.5, 0.6) is 0 Å². The number of hydrogen-bond acceptors (Lipinski definition) is 5. The summed E-state index contributed by atoms with van der Waals surface area (Å²) >= 11 is 1.43. The number of rotatable bonds is 3. The Bertz CT molecular complexity index is 1230. The average Bonchev–Trinajstić information content (AvgIpc) is 3.29. The average molecular weight is 405 g/mol. The maximum Gasteiger partial charge on any atom is 0.223 e. The molecule has 1 aliphatic rings. The van der Waals surface area contributed by atoms with Gasteiger partial charge in [0.2, 0.25) is 5.91 Å². The molecule has 0 saturated carbocycles. The van der Waals surface area contributed by atoms with Gasteiger partial charge in [-0.05, 0) is 31.0 Å². The molecule has 0 radical (unpaired) electrons. The van der Waals surface area contributed by atoms with E-state index in [4.69, 9.17) is 5.10 Å². The van der Waals surface area contributed by atoms with Crippen molar-refractivity contribution in [2.24, 2.45) is 0 Å². The van der Waals surface area contributed by atoms with Gasteiger partial charge in [-0.3, -0.25) is 9.78 Å². The topological polar surface area (TPSA) is 72.7 Å². The highest BCUT2D eigenvalue weighted by atomic mass is 32.1. The van der Waals surface area contributed by atoms with Crippen LogP contribution >= 0.6 is 11.3 Å². The predicted molar refractivity (Wildman–Crippen MR) is 110 cm³/mol. The largest absolute Gasteiger partial charge is 0.302 e. The third kappa shape index (κ3) is 3.11. The fraction of sp³-hybridized carbons (Fsp3) is 0.143. The molecule has 0 unspecified atom stereocenters. The summed E-state index contributed by atoms with van der Waals surface area (Å²) in [5.74, 6) is -0.549. The van der Waals surface area contributed by atoms with Crippen LogP contribution in [0.3, 0.4) is 0 Å². The highest BCUT2D eigenvalue weighted by molar-refractivity contribution is 7.19. The van der Waals surface area contributed by atoms with Gasteiger partial charge in [0, 0.05) is 24.2 Å². The van der Waals surface area contributed by atoms with Crippen LogP contribution in [0.1, 0.15) is 18.2 Å². The fourth-order valence-electron chi connectivity index (χ4n) is 3.60. The lowest BCUT2D eigenvalue weighted by Crippen LogP contribution is -2.06. The molecule has 29 heavy (non-hydrogen) atoms. The van der Waals surface area contributed by atoms with Crippen LogP contribution in [-0.4, -0.2) is 25.7 Å². The predicted octanol–water partition coefficient (Wildman–Crippen LogP) is 4.25. The first-order valence-electron chi connectivity index (χ1n) is 9.16. The molecule has 5 rings (SSSR count). The minimum atomic E-state index is -0.396. The van der Waals surface area contributed by atoms with Gasteiger partial charge >= 0.3 is 0 Å². The fourth-order valence-corrected chi connectivity index (χ4v) is 4.72. The lowest BCUT2D eigenvalue weighted by Gasteiger charge is -2.14. The molecule has 0 atom stereocenters. The van der Waals surface area contributed by atoms with Crippen molar-refractivity contribution in [2.75, 3.05) is 5.32 Å². The van der Waals surface area contributed by atoms with Crippen molar-refractivity contribution in [1.82, 2.24) is 19.7 Å². The molecule has 0 fully saturated rings. The number of thiazole rings is 1. The SMILES string of the molecule is CC(=O)Nc1nc2c(s1)-c1c(c(-c3cncc(F)c3)nn1-c1ccccc1)CC2. The maximum atomic E-state index is 13.8. The van der Waals surface area contributed by atoms with Crippen LogP contribution in [0.25, 0.3) is 27.5 Å². The van der Waals surface area contributed by atoms with E-state index in [-0.39, 0.29) is 5.91 Å². The van der Waals surface area contributed by atoms with E-state index in [1.165, 1.54) is 30.5 Å². The number of aryl methyl sites for hydroxylation is 1. The van der Waals surface area contributed by atoms with Crippen LogP contribution in [0, 0.1) is 5.82 Å². The molecule has 3 heterocycles. The van der Waals surface area contributed by atoms with Gasteiger partial charge in [0.25, 0.3) is 0 Å². The number of amides is 1. The highest BCUT2D eigenvalue weighted by Gasteiger charge is 2.30. The van der Waals surface area contributed by atoms with E-state index in [0.717, 1.165) is 46.1 Å². The summed E-state index contributed by atoms with van der Waals surface area (Å²) in [4.78, 5) is 21.0. The normalized spacial score (nSPS) is 12.3. The van der Waals surface area contributed by atoms with E-state index in [2.05, 4.69) is 15.3 Å². The van der Waals surface area contributed by atoms with Crippen molar-refractivity contribution in [3.05, 3.63) is 65.9 Å². The molecule has 1 amide bonds. The molecule has 8 heteroatoms. The molecule has 1 aliphatic carbocycles. The second-order valence-corrected chi connectivity index (χ2v) is 7.79. The molecule has 144 valence electrons. The smallest absolute Gasteiger partial charge is 0.223 e. The monoisotopic (exact) mass is 405 g/mol. The van der Waals surface area contributed by atoms with E-state index < -0.39 is 5.82 Å². The Hall–Kier alpha value is -3.39. The first-order chi connectivity index (χ1) is 14.1. The minimum absolute atomic E-state index is 0.153. The standard InChI is InChI=1S/C21H16FN5OS/c1-12(28)24-21-25-17-8-7-16-18(13-9-14(22)11-23-10-13)26-27(19(16)20(17)29-21)15-5-3-2-4-6-15/h2-6,9-11H,7-8H2,1H3,(H,24,25,28). The molecule has 0 aliphatic heterocycles. The maximum absolute atomic E-state index is 13.8. The van der Waals surface area contributed by atoms with E-state index in [1.807, 2.05) is 35.0 Å². The van der Waals surface area contributed by atoms with Gasteiger partial charge < -0.3 is 5.32 Å². The third-order valence-corrected chi connectivity index (χ3v) is 5.79. The zero-order valence-corrected chi connectivity index (χ0v) is 16.3. The summed E-state index contributed by atoms with van der Waals surface area (Å²) in [6.45, 7) is 1.47. The Morgan fingerprint density at radius 3 is 2.79 bits per heavy atom. The van der Waals surface area contributed by atoms with Gasteiger partial charge in [-0.2, -0.15) is 5.10 Å². The lowest BCUT2D eigenvalue weighted by molar-refractivity contribution is -0.114. The number of benzene rings is 1. The van der Waals surface area contributed by atoms with Crippen LogP contribution in [0.2, 0.25) is 0 Å². The molecule has 0 bridgehead atoms. The second-order valence-electron chi connectivity index (χ2n) is 6.79. The molecule has 0 saturated heterocycles. The summed E-state index contributed by atoms with van der Waals surface area (Å²) in [6, 6.07) is 11.3. The number of aromatic nitrogens is 4. The summed E-state index contributed by atoms with van der Waals surface area (Å²) in [5, 5.41) is 8.20. The van der Waals surface area contributed by atoms with Gasteiger partial charge in [-0.25, -0.2) is 14.1 Å². The zero-order chi connectivity index (χ0) is 20.0. The first kappa shape index (κ1) is 17.7. The number of carbonyl (C=O) groups is 1. The van der Waals surface area contributed by atoms with Crippen molar-refractivity contribution >= 4 is 22.4 Å². The van der Waals surface area contributed by atoms with Gasteiger partial charge in [0.05, 0.1) is 33.8 Å². The van der Waals surface area contributed by atoms with Gasteiger partial charge in [0.1, 0.15) is 5.82 Å². The number of nitrogens with zero attached hydrogens (tertiary/aromatic N) is 4. The van der Waals surface area contributed by atoms with Crippen molar-refractivity contribution in [3.8, 4) is 27.5 Å². The van der Waals surface area contributed by atoms with Crippen molar-refractivity contribution < 1.29 is 9.18 Å². The van der Waals surface area contributed by atoms with Crippen LogP contribution in [0.4, 0.5) is 9.52 Å². The number of halogens is 1. The summed E-state index contributed by atoms with van der Waals surface area (Å²) in [7, 11) is 0. The quantitative estimate of drug-likeness (QED) is 0.553. The van der Waals surface area contributed by atoms with Gasteiger partial charge in [-0.15, -0.1) is 0 Å². The number of fused-ring (bicyclic) bond motifs is 3. The Balaban J connectivity index is 1.75. The number of carbonyl (C=O) groups excluding carboxylic acids is 1. The van der Waals surface area contributed by atoms with Crippen molar-refractivity contribution in [1.29, 1.82) is 0 Å². The second kappa shape index (κ2) is 6.89. The molecule has 6 nitrogen and oxygen atoms in total. The van der Waals surface area contributed by atoms with E-state index in [9.17, 15) is 9.18 Å². The number of anilines is 1. The van der Waals surface area contributed by atoms with E-state index in [1.54, 1.807) is 6.20 Å². The van der Waals surface area contributed by atoms with Crippen LogP contribution in [0.15, 0.2) is 48.8 Å². The Kier molecular flexibility index (Phi) is 4.21. The van der Waals surface area contributed by atoms with E-state index in [0.29, 0.717) is 10.7 Å². The van der Waals surface area contributed by atoms with Crippen LogP contribution < -0.4 is 5.32 Å². The molecule has 4 aromatic rings. The number of para-hydroxylation sites is 1. The molecule has 1 aromatic carbocycles. The summed E-state index contributed by atoms with van der Waals surface area (Å²) in [5.41, 5.74) is 5.17. The van der Waals surface area contributed by atoms with Gasteiger partial charge in [0.15, 0.2) is 5.13 Å². The summed E-state index contributed by atoms with van der Waals surface area (Å²) < 4.78 is 15.7. The lowest BCUT2D eigenvalue weighted by atomic mass is 9.95. The minimum Gasteiger partial charge on any atom is -0.302 e. The highest BCUT2D eigenvalue weighted by Crippen LogP contribution is 2.44. The Morgan fingerprint density at radius 2 is 2.03 bits per heavy atom. The molecule has 3 aromatic heterocycles. The van der Waals surface area contributed by atoms with E-state index >= 15 is 0 Å². The molecular formula is C21H16FN5OS.